The summed E-state index contributed by atoms with van der Waals surface area (Å²) >= 11 is 0. The first kappa shape index (κ1) is 28.5. The third kappa shape index (κ3) is 7.20. The van der Waals surface area contributed by atoms with Crippen molar-refractivity contribution >= 4 is 23.4 Å². The summed E-state index contributed by atoms with van der Waals surface area (Å²) in [5, 5.41) is 5.69. The van der Waals surface area contributed by atoms with Gasteiger partial charge in [-0.15, -0.1) is 0 Å². The number of benzene rings is 3. The molecule has 41 heavy (non-hydrogen) atoms. The van der Waals surface area contributed by atoms with Crippen LogP contribution in [0, 0.1) is 0 Å². The van der Waals surface area contributed by atoms with Crippen molar-refractivity contribution in [3.8, 4) is 0 Å². The third-order valence-corrected chi connectivity index (χ3v) is 8.04. The minimum atomic E-state index is -0.812. The summed E-state index contributed by atoms with van der Waals surface area (Å²) in [6.45, 7) is 6.26. The average Bonchev–Trinajstić information content (AvgIpc) is 3.00. The van der Waals surface area contributed by atoms with E-state index < -0.39 is 6.04 Å². The molecule has 214 valence electrons. The topological polar surface area (TPSA) is 85.0 Å². The van der Waals surface area contributed by atoms with Crippen LogP contribution in [0.3, 0.4) is 0 Å². The third-order valence-electron chi connectivity index (χ3n) is 8.04. The molecule has 0 saturated carbocycles. The minimum absolute atomic E-state index is 0.0727. The molecule has 2 saturated heterocycles. The highest BCUT2D eigenvalue weighted by Gasteiger charge is 2.36. The number of carbonyl (C=O) groups excluding carboxylic acids is 3. The molecule has 5 rings (SSSR count). The Morgan fingerprint density at radius 3 is 2.05 bits per heavy atom. The van der Waals surface area contributed by atoms with Crippen molar-refractivity contribution in [1.82, 2.24) is 20.0 Å². The fourth-order valence-electron chi connectivity index (χ4n) is 5.77. The Morgan fingerprint density at radius 2 is 1.46 bits per heavy atom. The number of piperazine rings is 2. The number of amides is 3. The SMILES string of the molecule is CCc1ccc(NC(=O)C[C@@H]2C(=O)NCCN2C(=O)CN2CCN(C(c3ccccc3)c3ccccc3)CC2)cc1. The van der Waals surface area contributed by atoms with Gasteiger partial charge in [0, 0.05) is 45.0 Å². The van der Waals surface area contributed by atoms with Crippen LogP contribution in [0.25, 0.3) is 0 Å². The number of aryl methyl sites for hydroxylation is 1. The maximum atomic E-state index is 13.4. The summed E-state index contributed by atoms with van der Waals surface area (Å²) in [4.78, 5) is 45.2. The van der Waals surface area contributed by atoms with Crippen molar-refractivity contribution in [2.75, 3.05) is 51.1 Å². The molecule has 8 nitrogen and oxygen atoms in total. The molecule has 0 aliphatic carbocycles. The van der Waals surface area contributed by atoms with Crippen LogP contribution in [0.15, 0.2) is 84.9 Å². The number of hydrogen-bond donors (Lipinski definition) is 2. The Kier molecular flexibility index (Phi) is 9.44. The number of hydrogen-bond acceptors (Lipinski definition) is 5. The zero-order valence-corrected chi connectivity index (χ0v) is 23.7. The summed E-state index contributed by atoms with van der Waals surface area (Å²) < 4.78 is 0. The molecule has 2 aliphatic rings. The molecule has 2 N–H and O–H groups in total. The number of carbonyl (C=O) groups is 3. The van der Waals surface area contributed by atoms with Crippen LogP contribution in [0.2, 0.25) is 0 Å². The molecule has 0 aromatic heterocycles. The number of anilines is 1. The van der Waals surface area contributed by atoms with Crippen molar-refractivity contribution in [3.63, 3.8) is 0 Å². The van der Waals surface area contributed by atoms with Crippen LogP contribution in [0.5, 0.6) is 0 Å². The molecule has 2 heterocycles. The van der Waals surface area contributed by atoms with Gasteiger partial charge in [0.2, 0.25) is 17.7 Å². The molecule has 3 amide bonds. The first-order valence-corrected chi connectivity index (χ1v) is 14.5. The van der Waals surface area contributed by atoms with Crippen LogP contribution in [0.1, 0.15) is 36.1 Å². The van der Waals surface area contributed by atoms with Crippen LogP contribution in [0.4, 0.5) is 5.69 Å². The van der Waals surface area contributed by atoms with Crippen LogP contribution in [-0.2, 0) is 20.8 Å². The van der Waals surface area contributed by atoms with E-state index in [-0.39, 0.29) is 36.7 Å². The van der Waals surface area contributed by atoms with E-state index in [1.165, 1.54) is 16.7 Å². The van der Waals surface area contributed by atoms with Gasteiger partial charge in [-0.3, -0.25) is 24.2 Å². The van der Waals surface area contributed by atoms with Crippen LogP contribution >= 0.6 is 0 Å². The van der Waals surface area contributed by atoms with Gasteiger partial charge in [0.1, 0.15) is 6.04 Å². The lowest BCUT2D eigenvalue weighted by Gasteiger charge is -2.41. The highest BCUT2D eigenvalue weighted by atomic mass is 16.2. The predicted molar refractivity (Wildman–Crippen MR) is 160 cm³/mol. The van der Waals surface area contributed by atoms with E-state index in [0.717, 1.165) is 32.6 Å². The van der Waals surface area contributed by atoms with Crippen molar-refractivity contribution in [2.24, 2.45) is 0 Å². The molecular weight excluding hydrogens is 514 g/mol. The largest absolute Gasteiger partial charge is 0.353 e. The van der Waals surface area contributed by atoms with Gasteiger partial charge < -0.3 is 15.5 Å². The van der Waals surface area contributed by atoms with Gasteiger partial charge in [-0.25, -0.2) is 0 Å². The fraction of sp³-hybridized carbons (Fsp3) is 0.364. The lowest BCUT2D eigenvalue weighted by atomic mass is 9.96. The Hall–Kier alpha value is -4.01. The molecule has 3 aromatic carbocycles. The van der Waals surface area contributed by atoms with E-state index >= 15 is 0 Å². The Morgan fingerprint density at radius 1 is 0.854 bits per heavy atom. The van der Waals surface area contributed by atoms with E-state index in [4.69, 9.17) is 0 Å². The Labute approximate surface area is 242 Å². The second-order valence-corrected chi connectivity index (χ2v) is 10.7. The van der Waals surface area contributed by atoms with E-state index in [2.05, 4.69) is 75.9 Å². The summed E-state index contributed by atoms with van der Waals surface area (Å²) in [5.74, 6) is -0.670. The number of nitrogens with one attached hydrogen (secondary N) is 2. The summed E-state index contributed by atoms with van der Waals surface area (Å²) in [7, 11) is 0. The maximum Gasteiger partial charge on any atom is 0.243 e. The highest BCUT2D eigenvalue weighted by molar-refractivity contribution is 5.97. The molecule has 2 aliphatic heterocycles. The highest BCUT2D eigenvalue weighted by Crippen LogP contribution is 2.29. The number of rotatable bonds is 9. The average molecular weight is 554 g/mol. The predicted octanol–water partition coefficient (Wildman–Crippen LogP) is 3.31. The van der Waals surface area contributed by atoms with E-state index in [1.807, 2.05) is 36.4 Å². The minimum Gasteiger partial charge on any atom is -0.353 e. The fourth-order valence-corrected chi connectivity index (χ4v) is 5.77. The molecule has 0 bridgehead atoms. The monoisotopic (exact) mass is 553 g/mol. The van der Waals surface area contributed by atoms with Gasteiger partial charge in [0.15, 0.2) is 0 Å². The summed E-state index contributed by atoms with van der Waals surface area (Å²) in [5.41, 5.74) is 4.38. The normalized spacial score (nSPS) is 18.2. The standard InChI is InChI=1S/C33H39N5O3/c1-2-25-13-15-28(16-14-25)35-30(39)23-29-33(41)34-17-18-38(29)31(40)24-36-19-21-37(22-20-36)32(26-9-5-3-6-10-26)27-11-7-4-8-12-27/h3-16,29,32H,2,17-24H2,1H3,(H,34,41)(H,35,39)/t29-/m1/s1. The second-order valence-electron chi connectivity index (χ2n) is 10.7. The van der Waals surface area contributed by atoms with Crippen molar-refractivity contribution in [2.45, 2.75) is 31.8 Å². The van der Waals surface area contributed by atoms with Crippen molar-refractivity contribution in [1.29, 1.82) is 0 Å². The molecule has 0 spiro atoms. The van der Waals surface area contributed by atoms with Gasteiger partial charge in [-0.05, 0) is 35.2 Å². The quantitative estimate of drug-likeness (QED) is 0.425. The first-order valence-electron chi connectivity index (χ1n) is 14.5. The Balaban J connectivity index is 1.18. The molecule has 8 heteroatoms. The molecule has 3 aromatic rings. The van der Waals surface area contributed by atoms with Gasteiger partial charge >= 0.3 is 0 Å². The van der Waals surface area contributed by atoms with E-state index in [9.17, 15) is 14.4 Å². The van der Waals surface area contributed by atoms with Gasteiger partial charge in [-0.1, -0.05) is 79.7 Å². The van der Waals surface area contributed by atoms with E-state index in [0.29, 0.717) is 18.8 Å². The Bertz CT molecular complexity index is 1270. The lowest BCUT2D eigenvalue weighted by molar-refractivity contribution is -0.145. The van der Waals surface area contributed by atoms with Crippen LogP contribution in [-0.4, -0.2) is 84.3 Å². The maximum absolute atomic E-state index is 13.4. The van der Waals surface area contributed by atoms with E-state index in [1.54, 1.807) is 4.90 Å². The zero-order chi connectivity index (χ0) is 28.6. The van der Waals surface area contributed by atoms with Gasteiger partial charge in [0.25, 0.3) is 0 Å². The molecule has 0 unspecified atom stereocenters. The van der Waals surface area contributed by atoms with Crippen molar-refractivity contribution < 1.29 is 14.4 Å². The van der Waals surface area contributed by atoms with Crippen LogP contribution < -0.4 is 10.6 Å². The first-order chi connectivity index (χ1) is 20.0. The lowest BCUT2D eigenvalue weighted by Crippen LogP contribution is -2.60. The summed E-state index contributed by atoms with van der Waals surface area (Å²) in [6.07, 6.45) is 0.847. The summed E-state index contributed by atoms with van der Waals surface area (Å²) in [6, 6.07) is 28.1. The molecule has 1 atom stereocenters. The molecule has 2 fully saturated rings. The zero-order valence-electron chi connectivity index (χ0n) is 23.7. The van der Waals surface area contributed by atoms with Crippen molar-refractivity contribution in [3.05, 3.63) is 102 Å². The van der Waals surface area contributed by atoms with Gasteiger partial charge in [-0.2, -0.15) is 0 Å². The second kappa shape index (κ2) is 13.6. The molecule has 0 radical (unpaired) electrons. The molecular formula is C33H39N5O3. The number of nitrogens with zero attached hydrogens (tertiary/aromatic N) is 3. The van der Waals surface area contributed by atoms with Gasteiger partial charge in [0.05, 0.1) is 19.0 Å². The smallest absolute Gasteiger partial charge is 0.243 e.